The van der Waals surface area contributed by atoms with Crippen LogP contribution < -0.4 is 20.2 Å². The Balaban J connectivity index is 1.83. The van der Waals surface area contributed by atoms with Crippen molar-refractivity contribution in [1.29, 1.82) is 0 Å². The normalized spacial score (nSPS) is 15.2. The summed E-state index contributed by atoms with van der Waals surface area (Å²) in [6, 6.07) is 10.4. The molecule has 1 aliphatic rings. The molecule has 1 aliphatic heterocycles. The Hall–Kier alpha value is -3.28. The van der Waals surface area contributed by atoms with Crippen LogP contribution in [-0.2, 0) is 6.42 Å². The summed E-state index contributed by atoms with van der Waals surface area (Å²) in [5.74, 6) is 0.915. The van der Waals surface area contributed by atoms with Gasteiger partial charge >= 0.3 is 0 Å². The van der Waals surface area contributed by atoms with Gasteiger partial charge in [-0.05, 0) is 55.2 Å². The number of amides is 1. The van der Waals surface area contributed by atoms with E-state index in [2.05, 4.69) is 5.32 Å². The van der Waals surface area contributed by atoms with Crippen molar-refractivity contribution in [3.63, 3.8) is 0 Å². The van der Waals surface area contributed by atoms with Crippen LogP contribution in [0.15, 0.2) is 45.6 Å². The number of rotatable bonds is 7. The molecule has 30 heavy (non-hydrogen) atoms. The summed E-state index contributed by atoms with van der Waals surface area (Å²) in [6.07, 6.45) is 1.69. The van der Waals surface area contributed by atoms with E-state index in [0.29, 0.717) is 41.2 Å². The molecule has 1 unspecified atom stereocenters. The van der Waals surface area contributed by atoms with Gasteiger partial charge in [-0.2, -0.15) is 0 Å². The zero-order valence-electron chi connectivity index (χ0n) is 17.4. The van der Waals surface area contributed by atoms with Crippen molar-refractivity contribution in [3.8, 4) is 11.5 Å². The van der Waals surface area contributed by atoms with Gasteiger partial charge in [0.15, 0.2) is 16.9 Å². The molecule has 2 aromatic carbocycles. The quantitative estimate of drug-likeness (QED) is 0.629. The lowest BCUT2D eigenvalue weighted by molar-refractivity contribution is 0.0938. The van der Waals surface area contributed by atoms with Gasteiger partial charge in [-0.25, -0.2) is 0 Å². The molecule has 2 heterocycles. The Labute approximate surface area is 174 Å². The summed E-state index contributed by atoms with van der Waals surface area (Å²) in [7, 11) is 0. The van der Waals surface area contributed by atoms with Gasteiger partial charge in [-0.1, -0.05) is 26.0 Å². The summed E-state index contributed by atoms with van der Waals surface area (Å²) < 4.78 is 17.3. The van der Waals surface area contributed by atoms with E-state index in [1.54, 1.807) is 6.07 Å². The van der Waals surface area contributed by atoms with Crippen LogP contribution in [0.3, 0.4) is 0 Å². The lowest BCUT2D eigenvalue weighted by Gasteiger charge is -2.16. The molecule has 0 aliphatic carbocycles. The minimum atomic E-state index is -0.599. The van der Waals surface area contributed by atoms with Crippen molar-refractivity contribution in [3.05, 3.63) is 69.1 Å². The molecular weight excluding hydrogens is 382 g/mol. The third kappa shape index (κ3) is 3.43. The van der Waals surface area contributed by atoms with Crippen molar-refractivity contribution < 1.29 is 18.7 Å². The van der Waals surface area contributed by atoms with Crippen LogP contribution in [0.4, 0.5) is 0 Å². The summed E-state index contributed by atoms with van der Waals surface area (Å²) in [5, 5.41) is 3.37. The molecule has 0 saturated heterocycles. The molecule has 0 bridgehead atoms. The summed E-state index contributed by atoms with van der Waals surface area (Å²) in [6.45, 7) is 7.02. The predicted octanol–water partition coefficient (Wildman–Crippen LogP) is 4.38. The molecular formula is C24H25NO5. The molecule has 0 saturated carbocycles. The Bertz CT molecular complexity index is 1160. The standard InChI is InChI=1S/C24H25NO5/c1-4-11-29-18-10-8-15(13-19(18)28-6-3)21-20-22(26)16-12-14(5-2)7-9-17(16)30-23(20)24(27)25-21/h7-10,12-13,21H,4-6,11H2,1-3H3,(H,25,27). The van der Waals surface area contributed by atoms with Crippen molar-refractivity contribution in [2.45, 2.75) is 39.7 Å². The van der Waals surface area contributed by atoms with Crippen molar-refractivity contribution >= 4 is 16.9 Å². The average molecular weight is 407 g/mol. The van der Waals surface area contributed by atoms with Crippen LogP contribution in [-0.4, -0.2) is 19.1 Å². The average Bonchev–Trinajstić information content (AvgIpc) is 3.09. The van der Waals surface area contributed by atoms with Crippen LogP contribution in [0.2, 0.25) is 0 Å². The summed E-state index contributed by atoms with van der Waals surface area (Å²) in [4.78, 5) is 25.9. The Morgan fingerprint density at radius 2 is 1.83 bits per heavy atom. The lowest BCUT2D eigenvalue weighted by Crippen LogP contribution is -2.22. The van der Waals surface area contributed by atoms with Crippen LogP contribution in [0.5, 0.6) is 11.5 Å². The van der Waals surface area contributed by atoms with E-state index < -0.39 is 11.9 Å². The van der Waals surface area contributed by atoms with Crippen molar-refractivity contribution in [2.75, 3.05) is 13.2 Å². The van der Waals surface area contributed by atoms with Gasteiger partial charge in [-0.3, -0.25) is 9.59 Å². The highest BCUT2D eigenvalue weighted by molar-refractivity contribution is 5.99. The topological polar surface area (TPSA) is 77.8 Å². The molecule has 0 spiro atoms. The molecule has 1 amide bonds. The second-order valence-electron chi connectivity index (χ2n) is 7.25. The molecule has 6 nitrogen and oxygen atoms in total. The molecule has 1 atom stereocenters. The van der Waals surface area contributed by atoms with Gasteiger partial charge in [0.25, 0.3) is 5.91 Å². The van der Waals surface area contributed by atoms with Gasteiger partial charge in [0.05, 0.1) is 30.2 Å². The van der Waals surface area contributed by atoms with E-state index in [0.717, 1.165) is 24.0 Å². The van der Waals surface area contributed by atoms with Crippen molar-refractivity contribution in [1.82, 2.24) is 5.32 Å². The third-order valence-electron chi connectivity index (χ3n) is 5.23. The van der Waals surface area contributed by atoms with Crippen LogP contribution in [0.1, 0.15) is 60.5 Å². The highest BCUT2D eigenvalue weighted by atomic mass is 16.5. The Morgan fingerprint density at radius 3 is 2.57 bits per heavy atom. The number of carbonyl (C=O) groups is 1. The lowest BCUT2D eigenvalue weighted by atomic mass is 9.98. The van der Waals surface area contributed by atoms with E-state index in [-0.39, 0.29) is 11.2 Å². The predicted molar refractivity (Wildman–Crippen MR) is 115 cm³/mol. The van der Waals surface area contributed by atoms with Crippen LogP contribution in [0.25, 0.3) is 11.0 Å². The van der Waals surface area contributed by atoms with Gasteiger partial charge < -0.3 is 19.2 Å². The minimum absolute atomic E-state index is 0.0750. The molecule has 1 N–H and O–H groups in total. The first-order chi connectivity index (χ1) is 14.6. The minimum Gasteiger partial charge on any atom is -0.490 e. The van der Waals surface area contributed by atoms with E-state index in [9.17, 15) is 9.59 Å². The third-order valence-corrected chi connectivity index (χ3v) is 5.23. The molecule has 0 radical (unpaired) electrons. The first-order valence-corrected chi connectivity index (χ1v) is 10.4. The number of hydrogen-bond acceptors (Lipinski definition) is 5. The second-order valence-corrected chi connectivity index (χ2v) is 7.25. The number of ether oxygens (including phenoxy) is 2. The Morgan fingerprint density at radius 1 is 1.00 bits per heavy atom. The highest BCUT2D eigenvalue weighted by Crippen LogP contribution is 2.36. The maximum atomic E-state index is 13.3. The summed E-state index contributed by atoms with van der Waals surface area (Å²) in [5.41, 5.74) is 2.36. The van der Waals surface area contributed by atoms with E-state index in [1.165, 1.54) is 0 Å². The van der Waals surface area contributed by atoms with E-state index in [4.69, 9.17) is 13.9 Å². The van der Waals surface area contributed by atoms with Crippen LogP contribution in [0, 0.1) is 0 Å². The van der Waals surface area contributed by atoms with Crippen LogP contribution >= 0.6 is 0 Å². The number of carbonyl (C=O) groups excluding carboxylic acids is 1. The Kier molecular flexibility index (Phi) is 5.48. The fraction of sp³-hybridized carbons (Fsp3) is 0.333. The number of aryl methyl sites for hydroxylation is 1. The van der Waals surface area contributed by atoms with Gasteiger partial charge in [0.1, 0.15) is 5.58 Å². The molecule has 1 aromatic heterocycles. The second kappa shape index (κ2) is 8.22. The summed E-state index contributed by atoms with van der Waals surface area (Å²) >= 11 is 0. The largest absolute Gasteiger partial charge is 0.490 e. The smallest absolute Gasteiger partial charge is 0.288 e. The van der Waals surface area contributed by atoms with Gasteiger partial charge in [-0.15, -0.1) is 0 Å². The zero-order chi connectivity index (χ0) is 21.3. The molecule has 3 aromatic rings. The highest BCUT2D eigenvalue weighted by Gasteiger charge is 2.36. The zero-order valence-corrected chi connectivity index (χ0v) is 17.4. The van der Waals surface area contributed by atoms with Crippen molar-refractivity contribution in [2.24, 2.45) is 0 Å². The van der Waals surface area contributed by atoms with Gasteiger partial charge in [0, 0.05) is 0 Å². The first kappa shape index (κ1) is 20.0. The van der Waals surface area contributed by atoms with E-state index >= 15 is 0 Å². The molecule has 6 heteroatoms. The van der Waals surface area contributed by atoms with E-state index in [1.807, 2.05) is 51.1 Å². The molecule has 4 rings (SSSR count). The molecule has 156 valence electrons. The SMILES string of the molecule is CCCOc1ccc(C2NC(=O)c3oc4ccc(CC)cc4c(=O)c32)cc1OCC. The number of hydrogen-bond donors (Lipinski definition) is 1. The molecule has 0 fully saturated rings. The van der Waals surface area contributed by atoms with Gasteiger partial charge in [0.2, 0.25) is 5.76 Å². The fourth-order valence-electron chi connectivity index (χ4n) is 3.73. The fourth-order valence-corrected chi connectivity index (χ4v) is 3.73. The number of fused-ring (bicyclic) bond motifs is 2. The number of benzene rings is 2. The maximum Gasteiger partial charge on any atom is 0.288 e. The number of nitrogens with one attached hydrogen (secondary N) is 1. The maximum absolute atomic E-state index is 13.3. The monoisotopic (exact) mass is 407 g/mol. The first-order valence-electron chi connectivity index (χ1n) is 10.4.